The van der Waals surface area contributed by atoms with Crippen LogP contribution in [-0.4, -0.2) is 19.1 Å². The van der Waals surface area contributed by atoms with Crippen molar-refractivity contribution in [1.82, 2.24) is 4.98 Å². The van der Waals surface area contributed by atoms with E-state index in [1.54, 1.807) is 6.20 Å². The maximum absolute atomic E-state index is 4.34. The molecule has 0 aliphatic carbocycles. The molecular formula is C14H16BrN3. The molecule has 0 spiro atoms. The van der Waals surface area contributed by atoms with Gasteiger partial charge in [-0.3, -0.25) is 0 Å². The van der Waals surface area contributed by atoms with Crippen LogP contribution in [0.4, 0.5) is 17.2 Å². The summed E-state index contributed by atoms with van der Waals surface area (Å²) in [7, 11) is 4.06. The second kappa shape index (κ2) is 5.40. The third kappa shape index (κ3) is 2.82. The van der Waals surface area contributed by atoms with E-state index < -0.39 is 0 Å². The SMILES string of the molecule is Cc1ccnc(Nc2cccc(N(C)C)c2)c1Br. The number of aryl methyl sites for hydroxylation is 1. The number of benzene rings is 1. The minimum absolute atomic E-state index is 0.839. The maximum Gasteiger partial charge on any atom is 0.144 e. The standard InChI is InChI=1S/C14H16BrN3/c1-10-7-8-16-14(13(10)15)17-11-5-4-6-12(9-11)18(2)3/h4-9H,1-3H3,(H,16,17). The highest BCUT2D eigenvalue weighted by Gasteiger charge is 2.05. The van der Waals surface area contributed by atoms with Crippen molar-refractivity contribution in [3.8, 4) is 0 Å². The van der Waals surface area contributed by atoms with E-state index in [2.05, 4.69) is 43.3 Å². The first-order valence-electron chi connectivity index (χ1n) is 5.73. The van der Waals surface area contributed by atoms with Crippen molar-refractivity contribution in [2.24, 2.45) is 0 Å². The predicted molar refractivity (Wildman–Crippen MR) is 80.7 cm³/mol. The van der Waals surface area contributed by atoms with Crippen LogP contribution in [0.1, 0.15) is 5.56 Å². The predicted octanol–water partition coefficient (Wildman–Crippen LogP) is 3.96. The molecule has 0 aliphatic heterocycles. The second-order valence-corrected chi connectivity index (χ2v) is 5.15. The van der Waals surface area contributed by atoms with Crippen molar-refractivity contribution >= 4 is 33.1 Å². The summed E-state index contributed by atoms with van der Waals surface area (Å²) in [6, 6.07) is 10.2. The lowest BCUT2D eigenvalue weighted by Crippen LogP contribution is -2.08. The summed E-state index contributed by atoms with van der Waals surface area (Å²) < 4.78 is 1.00. The number of halogens is 1. The quantitative estimate of drug-likeness (QED) is 0.930. The molecule has 0 aliphatic rings. The Morgan fingerprint density at radius 2 is 2.00 bits per heavy atom. The van der Waals surface area contributed by atoms with Crippen molar-refractivity contribution in [3.05, 3.63) is 46.6 Å². The second-order valence-electron chi connectivity index (χ2n) is 4.36. The molecule has 2 rings (SSSR count). The third-order valence-electron chi connectivity index (χ3n) is 2.71. The first-order chi connectivity index (χ1) is 8.58. The van der Waals surface area contributed by atoms with Gasteiger partial charge in [-0.25, -0.2) is 4.98 Å². The normalized spacial score (nSPS) is 10.2. The zero-order chi connectivity index (χ0) is 13.1. The molecule has 1 N–H and O–H groups in total. The van der Waals surface area contributed by atoms with Gasteiger partial charge in [-0.1, -0.05) is 6.07 Å². The molecule has 18 heavy (non-hydrogen) atoms. The Balaban J connectivity index is 2.28. The molecule has 0 unspecified atom stereocenters. The fraction of sp³-hybridized carbons (Fsp3) is 0.214. The number of hydrogen-bond donors (Lipinski definition) is 1. The topological polar surface area (TPSA) is 28.2 Å². The Labute approximate surface area is 116 Å². The Morgan fingerprint density at radius 3 is 2.72 bits per heavy atom. The fourth-order valence-electron chi connectivity index (χ4n) is 1.63. The summed E-state index contributed by atoms with van der Waals surface area (Å²) in [6.45, 7) is 2.05. The maximum atomic E-state index is 4.34. The van der Waals surface area contributed by atoms with Crippen LogP contribution in [0.15, 0.2) is 41.0 Å². The molecule has 0 amide bonds. The number of anilines is 3. The molecule has 0 atom stereocenters. The Bertz CT molecular complexity index is 552. The molecule has 1 aromatic carbocycles. The molecule has 1 aromatic heterocycles. The van der Waals surface area contributed by atoms with Crippen LogP contribution in [-0.2, 0) is 0 Å². The lowest BCUT2D eigenvalue weighted by atomic mass is 10.2. The number of pyridine rings is 1. The third-order valence-corrected chi connectivity index (χ3v) is 3.71. The van der Waals surface area contributed by atoms with Crippen LogP contribution in [0.25, 0.3) is 0 Å². The average molecular weight is 306 g/mol. The summed E-state index contributed by atoms with van der Waals surface area (Å²) in [5.74, 6) is 0.839. The van der Waals surface area contributed by atoms with Gasteiger partial charge in [0.25, 0.3) is 0 Å². The molecule has 94 valence electrons. The largest absolute Gasteiger partial charge is 0.378 e. The lowest BCUT2D eigenvalue weighted by molar-refractivity contribution is 1.13. The number of rotatable bonds is 3. The molecule has 0 bridgehead atoms. The van der Waals surface area contributed by atoms with Gasteiger partial charge in [0.1, 0.15) is 5.82 Å². The van der Waals surface area contributed by atoms with E-state index in [0.29, 0.717) is 0 Å². The van der Waals surface area contributed by atoms with Gasteiger partial charge >= 0.3 is 0 Å². The van der Waals surface area contributed by atoms with Gasteiger partial charge in [0.2, 0.25) is 0 Å². The molecular weight excluding hydrogens is 290 g/mol. The average Bonchev–Trinajstić information content (AvgIpc) is 2.35. The van der Waals surface area contributed by atoms with E-state index in [-0.39, 0.29) is 0 Å². The minimum atomic E-state index is 0.839. The van der Waals surface area contributed by atoms with Crippen molar-refractivity contribution in [1.29, 1.82) is 0 Å². The van der Waals surface area contributed by atoms with Crippen molar-refractivity contribution in [2.75, 3.05) is 24.3 Å². The zero-order valence-corrected chi connectivity index (χ0v) is 12.3. The van der Waals surface area contributed by atoms with Crippen molar-refractivity contribution in [3.63, 3.8) is 0 Å². The monoisotopic (exact) mass is 305 g/mol. The van der Waals surface area contributed by atoms with Crippen LogP contribution in [0.3, 0.4) is 0 Å². The van der Waals surface area contributed by atoms with Crippen molar-refractivity contribution < 1.29 is 0 Å². The van der Waals surface area contributed by atoms with Gasteiger partial charge in [0, 0.05) is 31.7 Å². The highest BCUT2D eigenvalue weighted by atomic mass is 79.9. The summed E-state index contributed by atoms with van der Waals surface area (Å²) in [4.78, 5) is 6.41. The molecule has 0 radical (unpaired) electrons. The van der Waals surface area contributed by atoms with Gasteiger partial charge in [-0.2, -0.15) is 0 Å². The molecule has 3 nitrogen and oxygen atoms in total. The molecule has 1 heterocycles. The van der Waals surface area contributed by atoms with Crippen LogP contribution in [0.2, 0.25) is 0 Å². The fourth-order valence-corrected chi connectivity index (χ4v) is 1.96. The van der Waals surface area contributed by atoms with Gasteiger partial charge < -0.3 is 10.2 Å². The van der Waals surface area contributed by atoms with Gasteiger partial charge in [-0.05, 0) is 52.7 Å². The molecule has 2 aromatic rings. The first kappa shape index (κ1) is 12.9. The van der Waals surface area contributed by atoms with Crippen LogP contribution in [0, 0.1) is 6.92 Å². The lowest BCUT2D eigenvalue weighted by Gasteiger charge is -2.15. The number of aromatic nitrogens is 1. The van der Waals surface area contributed by atoms with Crippen LogP contribution >= 0.6 is 15.9 Å². The summed E-state index contributed by atoms with van der Waals surface area (Å²) in [5, 5.41) is 3.32. The van der Waals surface area contributed by atoms with E-state index in [1.165, 1.54) is 0 Å². The van der Waals surface area contributed by atoms with E-state index >= 15 is 0 Å². The smallest absolute Gasteiger partial charge is 0.144 e. The molecule has 0 saturated heterocycles. The Morgan fingerprint density at radius 1 is 1.22 bits per heavy atom. The Kier molecular flexibility index (Phi) is 3.87. The Hall–Kier alpha value is -1.55. The van der Waals surface area contributed by atoms with Crippen LogP contribution < -0.4 is 10.2 Å². The number of nitrogens with one attached hydrogen (secondary N) is 1. The molecule has 0 fully saturated rings. The molecule has 0 saturated carbocycles. The van der Waals surface area contributed by atoms with E-state index in [1.807, 2.05) is 39.2 Å². The van der Waals surface area contributed by atoms with Gasteiger partial charge in [0.05, 0.1) is 4.47 Å². The minimum Gasteiger partial charge on any atom is -0.378 e. The van der Waals surface area contributed by atoms with E-state index in [9.17, 15) is 0 Å². The molecule has 4 heteroatoms. The van der Waals surface area contributed by atoms with Gasteiger partial charge in [0.15, 0.2) is 0 Å². The zero-order valence-electron chi connectivity index (χ0n) is 10.7. The summed E-state index contributed by atoms with van der Waals surface area (Å²) >= 11 is 3.55. The van der Waals surface area contributed by atoms with E-state index in [0.717, 1.165) is 27.2 Å². The summed E-state index contributed by atoms with van der Waals surface area (Å²) in [6.07, 6.45) is 1.80. The summed E-state index contributed by atoms with van der Waals surface area (Å²) in [5.41, 5.74) is 3.35. The number of hydrogen-bond acceptors (Lipinski definition) is 3. The van der Waals surface area contributed by atoms with Crippen molar-refractivity contribution in [2.45, 2.75) is 6.92 Å². The van der Waals surface area contributed by atoms with Gasteiger partial charge in [-0.15, -0.1) is 0 Å². The first-order valence-corrected chi connectivity index (χ1v) is 6.53. The number of nitrogens with zero attached hydrogens (tertiary/aromatic N) is 2. The highest BCUT2D eigenvalue weighted by Crippen LogP contribution is 2.27. The highest BCUT2D eigenvalue weighted by molar-refractivity contribution is 9.10. The van der Waals surface area contributed by atoms with Crippen LogP contribution in [0.5, 0.6) is 0 Å². The van der Waals surface area contributed by atoms with E-state index in [4.69, 9.17) is 0 Å².